The first-order valence-corrected chi connectivity index (χ1v) is 29.8. The number of carbonyl (C=O) groups is 1. The number of nitro groups is 1. The number of allylic oxidation sites excluding steroid dienone is 4. The molecule has 3 aromatic carbocycles. The summed E-state index contributed by atoms with van der Waals surface area (Å²) >= 11 is 6.26. The van der Waals surface area contributed by atoms with E-state index in [0.29, 0.717) is 55.7 Å². The van der Waals surface area contributed by atoms with E-state index in [1.54, 1.807) is 25.1 Å². The highest BCUT2D eigenvalue weighted by atomic mass is 35.5. The summed E-state index contributed by atoms with van der Waals surface area (Å²) in [6.07, 6.45) is 14.6. The molecule has 2 aliphatic heterocycles. The molecule has 0 bridgehead atoms. The number of esters is 1. The maximum atomic E-state index is 14.8. The minimum Gasteiger partial charge on any atom is -0.491 e. The largest absolute Gasteiger partial charge is 0.491 e. The summed E-state index contributed by atoms with van der Waals surface area (Å²) < 4.78 is 77.3. The van der Waals surface area contributed by atoms with Crippen LogP contribution in [0, 0.1) is 21.4 Å². The predicted octanol–water partition coefficient (Wildman–Crippen LogP) is 10.5. The number of piperazine rings is 1. The van der Waals surface area contributed by atoms with Crippen molar-refractivity contribution in [1.82, 2.24) is 13.9 Å². The fourth-order valence-corrected chi connectivity index (χ4v) is 13.4. The van der Waals surface area contributed by atoms with Crippen LogP contribution in [0.3, 0.4) is 0 Å². The number of sulfonamides is 1. The van der Waals surface area contributed by atoms with E-state index in [1.807, 2.05) is 42.5 Å². The fraction of sp³-hybridized carbons (Fsp3) is 0.439. The molecule has 0 saturated carbocycles. The molecule has 9 rings (SSSR count). The van der Waals surface area contributed by atoms with Crippen LogP contribution in [-0.2, 0) is 29.5 Å². The number of carbonyl (C=O) groups excluding carboxylic acids is 1. The highest BCUT2D eigenvalue weighted by molar-refractivity contribution is 7.91. The number of nitrogens with two attached hydrogens (primary N) is 1. The first kappa shape index (κ1) is 56.4. The average molecular weight is 1130 g/mol. The Morgan fingerprint density at radius 3 is 2.45 bits per heavy atom. The highest BCUT2D eigenvalue weighted by Crippen LogP contribution is 2.45. The number of primary sulfonamides is 1. The predicted molar refractivity (Wildman–Crippen MR) is 303 cm³/mol. The topological polar surface area (TPSA) is 228 Å². The van der Waals surface area contributed by atoms with Gasteiger partial charge < -0.3 is 29.2 Å². The van der Waals surface area contributed by atoms with Crippen molar-refractivity contribution in [2.75, 3.05) is 76.4 Å². The number of nitrogens with zero attached hydrogens (tertiary/aromatic N) is 5. The van der Waals surface area contributed by atoms with E-state index >= 15 is 0 Å². The number of ether oxygens (including phenoxy) is 4. The molecule has 4 aliphatic rings. The average Bonchev–Trinajstić information content (AvgIpc) is 3.97. The van der Waals surface area contributed by atoms with Crippen molar-refractivity contribution in [3.05, 3.63) is 135 Å². The molecule has 18 nitrogen and oxygen atoms in total. The Bertz CT molecular complexity index is 3380. The van der Waals surface area contributed by atoms with Crippen molar-refractivity contribution in [2.24, 2.45) is 16.5 Å². The number of nitrogens with one attached hydrogen (secondary N) is 1. The lowest BCUT2D eigenvalue weighted by Gasteiger charge is -2.39. The molecule has 21 heteroatoms. The Morgan fingerprint density at radius 2 is 1.73 bits per heavy atom. The van der Waals surface area contributed by atoms with Crippen LogP contribution >= 0.6 is 11.6 Å². The third-order valence-corrected chi connectivity index (χ3v) is 19.2. The van der Waals surface area contributed by atoms with Gasteiger partial charge in [0.2, 0.25) is 20.0 Å². The van der Waals surface area contributed by atoms with E-state index in [1.165, 1.54) is 46.3 Å². The van der Waals surface area contributed by atoms with Crippen LogP contribution in [-0.4, -0.2) is 113 Å². The number of fused-ring (bicyclic) bond motifs is 1. The number of anilines is 2. The lowest BCUT2D eigenvalue weighted by Crippen LogP contribution is -2.47. The van der Waals surface area contributed by atoms with E-state index in [0.717, 1.165) is 81.6 Å². The molecule has 4 heterocycles. The van der Waals surface area contributed by atoms with Gasteiger partial charge in [0.05, 0.1) is 29.7 Å². The number of unbranched alkanes of at least 4 members (excludes halogenated alkanes) is 1. The number of nitro benzene ring substituents is 1. The number of hydrogen-bond donors (Lipinski definition) is 2. The lowest BCUT2D eigenvalue weighted by molar-refractivity contribution is -0.384. The SMILES string of the molecule is COC(=O)c1ccc(N2CCN(CC3=C(c4ccc(Cl)cc4)CC(C)(C)CC3)CC2)cc1Oc1cnc2c(ccn2S(=O)(=O)C2(C)CC=CC=C2CCCCOc2cc(S(N)(=O)=O)cc([N+](=O)[O-])c2NCC2CCOCC2)c1. The van der Waals surface area contributed by atoms with Crippen LogP contribution in [0.1, 0.15) is 94.5 Å². The van der Waals surface area contributed by atoms with Gasteiger partial charge in [0.25, 0.3) is 5.69 Å². The molecule has 416 valence electrons. The van der Waals surface area contributed by atoms with Crippen molar-refractivity contribution >= 4 is 71.3 Å². The molecule has 1 atom stereocenters. The Kier molecular flexibility index (Phi) is 17.1. The van der Waals surface area contributed by atoms with E-state index in [4.69, 9.17) is 35.7 Å². The summed E-state index contributed by atoms with van der Waals surface area (Å²) in [7, 11) is -7.14. The van der Waals surface area contributed by atoms with Crippen molar-refractivity contribution < 1.29 is 45.5 Å². The van der Waals surface area contributed by atoms with Crippen LogP contribution in [0.5, 0.6) is 17.2 Å². The number of hydrogen-bond acceptors (Lipinski definition) is 15. The number of methoxy groups -OCH3 is 1. The Morgan fingerprint density at radius 1 is 0.974 bits per heavy atom. The van der Waals surface area contributed by atoms with Gasteiger partial charge in [-0.1, -0.05) is 61.4 Å². The molecule has 5 aromatic rings. The zero-order valence-corrected chi connectivity index (χ0v) is 46.9. The molecule has 2 aromatic heterocycles. The zero-order chi connectivity index (χ0) is 55.4. The van der Waals surface area contributed by atoms with E-state index in [9.17, 15) is 31.7 Å². The quantitative estimate of drug-likeness (QED) is 0.0320. The molecular formula is C57H68ClN7O11S2. The summed E-state index contributed by atoms with van der Waals surface area (Å²) in [4.78, 5) is 33.6. The van der Waals surface area contributed by atoms with Gasteiger partial charge in [0.1, 0.15) is 21.8 Å². The number of rotatable bonds is 20. The van der Waals surface area contributed by atoms with Crippen molar-refractivity contribution in [3.8, 4) is 17.2 Å². The second-order valence-corrected chi connectivity index (χ2v) is 25.8. The fourth-order valence-electron chi connectivity index (χ4n) is 10.9. The minimum atomic E-state index is -4.32. The third-order valence-electron chi connectivity index (χ3n) is 15.6. The van der Waals surface area contributed by atoms with E-state index in [-0.39, 0.29) is 52.8 Å². The van der Waals surface area contributed by atoms with Crippen molar-refractivity contribution in [2.45, 2.75) is 88.2 Å². The zero-order valence-electron chi connectivity index (χ0n) is 44.5. The molecule has 2 aliphatic carbocycles. The molecule has 0 amide bonds. The van der Waals surface area contributed by atoms with Crippen LogP contribution < -0.4 is 24.8 Å². The van der Waals surface area contributed by atoms with Gasteiger partial charge in [-0.25, -0.2) is 35.7 Å². The molecular weight excluding hydrogens is 1060 g/mol. The second kappa shape index (κ2) is 23.6. The first-order chi connectivity index (χ1) is 37.2. The number of benzene rings is 3. The van der Waals surface area contributed by atoms with Gasteiger partial charge in [0, 0.05) is 93.0 Å². The van der Waals surface area contributed by atoms with Gasteiger partial charge in [-0.15, -0.1) is 0 Å². The normalized spacial score (nSPS) is 19.4. The van der Waals surface area contributed by atoms with E-state index < -0.39 is 46.3 Å². The van der Waals surface area contributed by atoms with Gasteiger partial charge >= 0.3 is 5.97 Å². The summed E-state index contributed by atoms with van der Waals surface area (Å²) in [6, 6.07) is 19.1. The smallest absolute Gasteiger partial charge is 0.341 e. The maximum Gasteiger partial charge on any atom is 0.341 e. The van der Waals surface area contributed by atoms with Crippen LogP contribution in [0.25, 0.3) is 16.6 Å². The first-order valence-electron chi connectivity index (χ1n) is 26.5. The maximum absolute atomic E-state index is 14.8. The van der Waals surface area contributed by atoms with Gasteiger partial charge in [-0.05, 0) is 129 Å². The molecule has 0 radical (unpaired) electrons. The van der Waals surface area contributed by atoms with Gasteiger partial charge in [-0.2, -0.15) is 0 Å². The lowest BCUT2D eigenvalue weighted by atomic mass is 9.72. The molecule has 3 N–H and O–H groups in total. The highest BCUT2D eigenvalue weighted by Gasteiger charge is 2.44. The summed E-state index contributed by atoms with van der Waals surface area (Å²) in [5, 5.41) is 22.0. The third kappa shape index (κ3) is 12.6. The number of halogens is 1. The summed E-state index contributed by atoms with van der Waals surface area (Å²) in [5.41, 5.74) is 5.95. The monoisotopic (exact) mass is 1130 g/mol. The molecule has 78 heavy (non-hydrogen) atoms. The molecule has 1 unspecified atom stereocenters. The number of pyridine rings is 1. The van der Waals surface area contributed by atoms with Crippen molar-refractivity contribution in [3.63, 3.8) is 0 Å². The van der Waals surface area contributed by atoms with E-state index in [2.05, 4.69) is 46.1 Å². The molecule has 2 saturated heterocycles. The van der Waals surface area contributed by atoms with Gasteiger partial charge in [-0.3, -0.25) is 15.0 Å². The number of aromatic nitrogens is 2. The van der Waals surface area contributed by atoms with Crippen molar-refractivity contribution in [1.29, 1.82) is 0 Å². The van der Waals surface area contributed by atoms with Crippen LogP contribution in [0.4, 0.5) is 17.1 Å². The molecule has 0 spiro atoms. The standard InChI is InChI=1S/C57H68ClN7O11S2/c1-56(2)22-17-42(49(35-56)40-11-13-44(58)14-12-40)38-62-24-26-63(27-25-62)45-15-16-48(55(66)73-4)51(32-45)76-46-31-41-18-23-64(54(41)61-37-46)78(71,72)57(3)21-7-5-9-43(57)10-6-8-28-75-52-34-47(77(59,69)70)33-50(65(67)68)53(52)60-36-39-19-29-74-30-20-39/h5,7,9,11-16,18,23,31-34,37,39,60H,6,8,10,17,19-22,24-30,35-36,38H2,1-4H3,(H2,59,69,70). The summed E-state index contributed by atoms with van der Waals surface area (Å²) in [6.45, 7) is 12.1. The second-order valence-electron chi connectivity index (χ2n) is 21.6. The van der Waals surface area contributed by atoms with Crippen LogP contribution in [0.2, 0.25) is 5.02 Å². The molecule has 2 fully saturated rings. The Labute approximate surface area is 461 Å². The van der Waals surface area contributed by atoms with Crippen LogP contribution in [0.15, 0.2) is 113 Å². The Balaban J connectivity index is 0.859. The minimum absolute atomic E-state index is 0.0205. The summed E-state index contributed by atoms with van der Waals surface area (Å²) in [5.74, 6) is 0.180. The van der Waals surface area contributed by atoms with Gasteiger partial charge in [0.15, 0.2) is 17.1 Å². The Hall–Kier alpha value is -6.29.